The summed E-state index contributed by atoms with van der Waals surface area (Å²) in [6.45, 7) is 2.12. The van der Waals surface area contributed by atoms with Crippen LogP contribution < -0.4 is 16.0 Å². The molecule has 2 aliphatic carbocycles. The van der Waals surface area contributed by atoms with Crippen molar-refractivity contribution in [3.63, 3.8) is 0 Å². The van der Waals surface area contributed by atoms with Gasteiger partial charge < -0.3 is 20.7 Å². The molecule has 170 valence electrons. The topological polar surface area (TPSA) is 108 Å². The molecule has 0 spiro atoms. The van der Waals surface area contributed by atoms with Gasteiger partial charge in [0.2, 0.25) is 0 Å². The fourth-order valence-corrected chi connectivity index (χ4v) is 4.09. The molecule has 2 aromatic rings. The molecule has 8 nitrogen and oxygen atoms in total. The number of pyridine rings is 1. The minimum atomic E-state index is -0.406. The molecule has 2 saturated carbocycles. The van der Waals surface area contributed by atoms with Crippen molar-refractivity contribution >= 4 is 11.6 Å². The number of nitriles is 1. The summed E-state index contributed by atoms with van der Waals surface area (Å²) in [4.78, 5) is 4.24. The Balaban J connectivity index is 1.37. The molecule has 2 aliphatic rings. The second-order valence-corrected chi connectivity index (χ2v) is 8.76. The van der Waals surface area contributed by atoms with Gasteiger partial charge in [0.25, 0.3) is 0 Å². The highest BCUT2D eigenvalue weighted by atomic mass is 19.1. The quantitative estimate of drug-likeness (QED) is 0.484. The minimum absolute atomic E-state index is 0.297. The first-order valence-corrected chi connectivity index (χ1v) is 11.2. The van der Waals surface area contributed by atoms with Gasteiger partial charge in [-0.3, -0.25) is 0 Å². The van der Waals surface area contributed by atoms with Crippen molar-refractivity contribution in [1.29, 1.82) is 5.26 Å². The number of anilines is 2. The van der Waals surface area contributed by atoms with Crippen molar-refractivity contribution in [2.75, 3.05) is 37.4 Å². The van der Waals surface area contributed by atoms with Crippen LogP contribution in [0.25, 0.3) is 11.1 Å². The second kappa shape index (κ2) is 10.2. The van der Waals surface area contributed by atoms with Crippen LogP contribution in [0.15, 0.2) is 24.5 Å². The average molecular weight is 440 g/mol. The van der Waals surface area contributed by atoms with Crippen LogP contribution in [-0.4, -0.2) is 54.1 Å². The first kappa shape index (κ1) is 22.4. The van der Waals surface area contributed by atoms with E-state index in [1.165, 1.54) is 6.20 Å². The number of methoxy groups -OCH3 is 1. The number of hydrogen-bond donors (Lipinski definition) is 3. The van der Waals surface area contributed by atoms with Gasteiger partial charge in [-0.25, -0.2) is 9.37 Å². The highest BCUT2D eigenvalue weighted by molar-refractivity contribution is 5.68. The van der Waals surface area contributed by atoms with E-state index in [1.54, 1.807) is 25.4 Å². The molecule has 9 heteroatoms. The summed E-state index contributed by atoms with van der Waals surface area (Å²) in [5.74, 6) is 0.787. The Morgan fingerprint density at radius 3 is 2.66 bits per heavy atom. The van der Waals surface area contributed by atoms with Crippen LogP contribution in [0.2, 0.25) is 0 Å². The summed E-state index contributed by atoms with van der Waals surface area (Å²) in [7, 11) is 1.71. The summed E-state index contributed by atoms with van der Waals surface area (Å²) in [6, 6.07) is 6.67. The van der Waals surface area contributed by atoms with E-state index < -0.39 is 5.82 Å². The lowest BCUT2D eigenvalue weighted by atomic mass is 9.91. The van der Waals surface area contributed by atoms with Gasteiger partial charge in [-0.15, -0.1) is 5.10 Å². The Morgan fingerprint density at radius 2 is 1.94 bits per heavy atom. The molecule has 0 atom stereocenters. The first-order chi connectivity index (χ1) is 15.6. The van der Waals surface area contributed by atoms with Gasteiger partial charge >= 0.3 is 0 Å². The Kier molecular flexibility index (Phi) is 7.12. The number of ether oxygens (including phenoxy) is 1. The van der Waals surface area contributed by atoms with E-state index in [4.69, 9.17) is 4.74 Å². The number of hydrogen-bond acceptors (Lipinski definition) is 8. The Hall–Kier alpha value is -2.83. The summed E-state index contributed by atoms with van der Waals surface area (Å²) >= 11 is 0. The highest BCUT2D eigenvalue weighted by Crippen LogP contribution is 2.44. The van der Waals surface area contributed by atoms with Gasteiger partial charge in [-0.05, 0) is 50.7 Å². The maximum Gasteiger partial charge on any atom is 0.149 e. The van der Waals surface area contributed by atoms with Gasteiger partial charge in [0.1, 0.15) is 17.5 Å². The smallest absolute Gasteiger partial charge is 0.149 e. The number of nitrogens with one attached hydrogen (secondary N) is 3. The van der Waals surface area contributed by atoms with E-state index in [0.29, 0.717) is 41.4 Å². The normalized spacial score (nSPS) is 21.5. The van der Waals surface area contributed by atoms with Gasteiger partial charge in [-0.2, -0.15) is 10.4 Å². The zero-order chi connectivity index (χ0) is 22.4. The fraction of sp³-hybridized carbons (Fsp3) is 0.565. The van der Waals surface area contributed by atoms with Gasteiger partial charge in [0, 0.05) is 43.4 Å². The molecule has 2 fully saturated rings. The van der Waals surface area contributed by atoms with E-state index in [-0.39, 0.29) is 5.41 Å². The van der Waals surface area contributed by atoms with Crippen LogP contribution in [0.3, 0.4) is 0 Å². The molecule has 2 aromatic heterocycles. The van der Waals surface area contributed by atoms with E-state index in [9.17, 15) is 9.65 Å². The fourth-order valence-electron chi connectivity index (χ4n) is 4.09. The molecule has 2 heterocycles. The van der Waals surface area contributed by atoms with Crippen molar-refractivity contribution < 1.29 is 9.13 Å². The molecule has 0 aliphatic heterocycles. The highest BCUT2D eigenvalue weighted by Gasteiger charge is 2.42. The maximum absolute atomic E-state index is 14.6. The maximum atomic E-state index is 14.6. The standard InChI is InChI=1S/C23H30FN7O/c1-32-9-8-26-17-2-4-18(5-3-17)30-21-11-19(20(24)13-27-21)16-10-22(31-29-12-16)28-15-23(14-25)6-7-23/h10-13,17-18,26H,2-9,15H2,1H3,(H,27,30)(H,28,31). The molecule has 3 N–H and O–H groups in total. The second-order valence-electron chi connectivity index (χ2n) is 8.76. The summed E-state index contributed by atoms with van der Waals surface area (Å²) in [6.07, 6.45) is 8.81. The monoisotopic (exact) mass is 439 g/mol. The van der Waals surface area contributed by atoms with Crippen molar-refractivity contribution in [3.8, 4) is 17.2 Å². The number of halogens is 1. The molecule has 0 amide bonds. The van der Waals surface area contributed by atoms with Crippen molar-refractivity contribution in [2.45, 2.75) is 50.6 Å². The molecule has 32 heavy (non-hydrogen) atoms. The third-order valence-corrected chi connectivity index (χ3v) is 6.34. The predicted molar refractivity (Wildman–Crippen MR) is 121 cm³/mol. The minimum Gasteiger partial charge on any atom is -0.383 e. The average Bonchev–Trinajstić information content (AvgIpc) is 3.61. The zero-order valence-electron chi connectivity index (χ0n) is 18.4. The molecule has 0 saturated heterocycles. The molecule has 0 aromatic carbocycles. The molecule has 4 rings (SSSR count). The molecular weight excluding hydrogens is 409 g/mol. The van der Waals surface area contributed by atoms with Crippen molar-refractivity contribution in [1.82, 2.24) is 20.5 Å². The number of aromatic nitrogens is 3. The summed E-state index contributed by atoms with van der Waals surface area (Å²) < 4.78 is 19.7. The van der Waals surface area contributed by atoms with E-state index >= 15 is 0 Å². The molecule has 0 unspecified atom stereocenters. The van der Waals surface area contributed by atoms with E-state index in [2.05, 4.69) is 37.2 Å². The molecule has 0 radical (unpaired) electrons. The lowest BCUT2D eigenvalue weighted by Gasteiger charge is -2.30. The number of nitrogens with zero attached hydrogens (tertiary/aromatic N) is 4. The summed E-state index contributed by atoms with van der Waals surface area (Å²) in [5.41, 5.74) is 0.754. The predicted octanol–water partition coefficient (Wildman–Crippen LogP) is 3.35. The Morgan fingerprint density at radius 1 is 1.16 bits per heavy atom. The largest absolute Gasteiger partial charge is 0.383 e. The van der Waals surface area contributed by atoms with Crippen molar-refractivity contribution in [3.05, 3.63) is 30.3 Å². The third kappa shape index (κ3) is 5.69. The van der Waals surface area contributed by atoms with Crippen LogP contribution in [0, 0.1) is 22.6 Å². The number of rotatable bonds is 10. The lowest BCUT2D eigenvalue weighted by Crippen LogP contribution is -2.38. The lowest BCUT2D eigenvalue weighted by molar-refractivity contribution is 0.191. The SMILES string of the molecule is COCCNC1CCC(Nc2cc(-c3cnnc(NCC4(C#N)CC4)c3)c(F)cn2)CC1. The Bertz CT molecular complexity index is 952. The molecular formula is C23H30FN7O. The third-order valence-electron chi connectivity index (χ3n) is 6.34. The van der Waals surface area contributed by atoms with Crippen molar-refractivity contribution in [2.24, 2.45) is 5.41 Å². The van der Waals surface area contributed by atoms with Crippen LogP contribution in [0.1, 0.15) is 38.5 Å². The van der Waals surface area contributed by atoms with Crippen LogP contribution in [0.4, 0.5) is 16.0 Å². The summed E-state index contributed by atoms with van der Waals surface area (Å²) in [5, 5.41) is 27.5. The van der Waals surface area contributed by atoms with Crippen LogP contribution in [-0.2, 0) is 4.74 Å². The van der Waals surface area contributed by atoms with Crippen LogP contribution in [0.5, 0.6) is 0 Å². The molecule has 0 bridgehead atoms. The van der Waals surface area contributed by atoms with Gasteiger partial charge in [0.05, 0.1) is 30.5 Å². The van der Waals surface area contributed by atoms with E-state index in [1.807, 2.05) is 0 Å². The van der Waals surface area contributed by atoms with Gasteiger partial charge in [-0.1, -0.05) is 0 Å². The van der Waals surface area contributed by atoms with E-state index in [0.717, 1.165) is 51.7 Å². The van der Waals surface area contributed by atoms with Gasteiger partial charge in [0.15, 0.2) is 0 Å². The Labute approximate surface area is 188 Å². The first-order valence-electron chi connectivity index (χ1n) is 11.2. The zero-order valence-corrected chi connectivity index (χ0v) is 18.4. The van der Waals surface area contributed by atoms with Crippen LogP contribution >= 0.6 is 0 Å².